The maximum atomic E-state index is 13.3. The SMILES string of the molecule is O=C(COc1ccc(F)cc1F)NC1CCCCCC1. The summed E-state index contributed by atoms with van der Waals surface area (Å²) >= 11 is 0. The van der Waals surface area contributed by atoms with Crippen LogP contribution in [0.15, 0.2) is 18.2 Å². The smallest absolute Gasteiger partial charge is 0.258 e. The molecule has 1 aliphatic carbocycles. The monoisotopic (exact) mass is 283 g/mol. The largest absolute Gasteiger partial charge is 0.481 e. The molecule has 1 aliphatic rings. The molecule has 0 aromatic heterocycles. The average molecular weight is 283 g/mol. The van der Waals surface area contributed by atoms with Gasteiger partial charge in [0.2, 0.25) is 0 Å². The number of ether oxygens (including phenoxy) is 1. The number of hydrogen-bond acceptors (Lipinski definition) is 2. The molecule has 0 bridgehead atoms. The Hall–Kier alpha value is -1.65. The third kappa shape index (κ3) is 4.47. The summed E-state index contributed by atoms with van der Waals surface area (Å²) in [4.78, 5) is 11.7. The Bertz CT molecular complexity index is 457. The standard InChI is InChI=1S/C15H19F2NO2/c16-11-7-8-14(13(17)9-11)20-10-15(19)18-12-5-3-1-2-4-6-12/h7-9,12H,1-6,10H2,(H,18,19). The van der Waals surface area contributed by atoms with Crippen molar-refractivity contribution in [3.63, 3.8) is 0 Å². The van der Waals surface area contributed by atoms with Gasteiger partial charge in [-0.1, -0.05) is 25.7 Å². The highest BCUT2D eigenvalue weighted by Crippen LogP contribution is 2.18. The van der Waals surface area contributed by atoms with Gasteiger partial charge in [-0.25, -0.2) is 8.78 Å². The fourth-order valence-electron chi connectivity index (χ4n) is 2.43. The number of amides is 1. The van der Waals surface area contributed by atoms with E-state index in [0.29, 0.717) is 0 Å². The van der Waals surface area contributed by atoms with Crippen LogP contribution in [0.25, 0.3) is 0 Å². The molecule has 1 fully saturated rings. The highest BCUT2D eigenvalue weighted by atomic mass is 19.1. The molecule has 0 radical (unpaired) electrons. The summed E-state index contributed by atoms with van der Waals surface area (Å²) in [6.45, 7) is -0.251. The third-order valence-corrected chi connectivity index (χ3v) is 3.47. The second-order valence-corrected chi connectivity index (χ2v) is 5.12. The number of halogens is 2. The van der Waals surface area contributed by atoms with Crippen molar-refractivity contribution < 1.29 is 18.3 Å². The Balaban J connectivity index is 1.79. The number of carbonyl (C=O) groups is 1. The molecule has 0 atom stereocenters. The van der Waals surface area contributed by atoms with Gasteiger partial charge < -0.3 is 10.1 Å². The second kappa shape index (κ2) is 7.22. The molecule has 0 heterocycles. The van der Waals surface area contributed by atoms with E-state index in [4.69, 9.17) is 4.74 Å². The van der Waals surface area contributed by atoms with Crippen molar-refractivity contribution >= 4 is 5.91 Å². The molecule has 20 heavy (non-hydrogen) atoms. The van der Waals surface area contributed by atoms with Crippen molar-refractivity contribution in [1.29, 1.82) is 0 Å². The van der Waals surface area contributed by atoms with Gasteiger partial charge in [0.25, 0.3) is 5.91 Å². The van der Waals surface area contributed by atoms with Crippen molar-refractivity contribution in [3.8, 4) is 5.75 Å². The predicted molar refractivity (Wildman–Crippen MR) is 71.5 cm³/mol. The van der Waals surface area contributed by atoms with Gasteiger partial charge in [-0.15, -0.1) is 0 Å². The van der Waals surface area contributed by atoms with Crippen LogP contribution < -0.4 is 10.1 Å². The third-order valence-electron chi connectivity index (χ3n) is 3.47. The van der Waals surface area contributed by atoms with Crippen LogP contribution in [0.3, 0.4) is 0 Å². The quantitative estimate of drug-likeness (QED) is 0.862. The predicted octanol–water partition coefficient (Wildman–Crippen LogP) is 3.18. The lowest BCUT2D eigenvalue weighted by Gasteiger charge is -2.16. The number of rotatable bonds is 4. The van der Waals surface area contributed by atoms with E-state index in [9.17, 15) is 13.6 Å². The molecule has 110 valence electrons. The van der Waals surface area contributed by atoms with E-state index < -0.39 is 11.6 Å². The highest BCUT2D eigenvalue weighted by molar-refractivity contribution is 5.77. The van der Waals surface area contributed by atoms with Crippen LogP contribution in [0, 0.1) is 11.6 Å². The van der Waals surface area contributed by atoms with E-state index in [-0.39, 0.29) is 24.3 Å². The first kappa shape index (κ1) is 14.8. The summed E-state index contributed by atoms with van der Waals surface area (Å²) in [7, 11) is 0. The van der Waals surface area contributed by atoms with Gasteiger partial charge in [-0.3, -0.25) is 4.79 Å². The zero-order valence-electron chi connectivity index (χ0n) is 11.3. The van der Waals surface area contributed by atoms with Crippen molar-refractivity contribution in [2.24, 2.45) is 0 Å². The van der Waals surface area contributed by atoms with Gasteiger partial charge in [0.05, 0.1) is 0 Å². The average Bonchev–Trinajstić information content (AvgIpc) is 2.66. The molecule has 1 N–H and O–H groups in total. The Morgan fingerprint density at radius 3 is 2.55 bits per heavy atom. The van der Waals surface area contributed by atoms with E-state index in [0.717, 1.165) is 37.8 Å². The molecular weight excluding hydrogens is 264 g/mol. The summed E-state index contributed by atoms with van der Waals surface area (Å²) in [5, 5.41) is 2.90. The van der Waals surface area contributed by atoms with Crippen molar-refractivity contribution in [2.45, 2.75) is 44.6 Å². The molecule has 0 saturated heterocycles. The summed E-state index contributed by atoms with van der Waals surface area (Å²) < 4.78 is 31.1. The van der Waals surface area contributed by atoms with E-state index in [1.165, 1.54) is 18.9 Å². The maximum absolute atomic E-state index is 13.3. The van der Waals surface area contributed by atoms with Gasteiger partial charge in [0, 0.05) is 12.1 Å². The molecule has 0 unspecified atom stereocenters. The van der Waals surface area contributed by atoms with E-state index >= 15 is 0 Å². The summed E-state index contributed by atoms with van der Waals surface area (Å²) in [5.74, 6) is -1.84. The fourth-order valence-corrected chi connectivity index (χ4v) is 2.43. The zero-order chi connectivity index (χ0) is 14.4. The molecule has 0 aliphatic heterocycles. The number of hydrogen-bond donors (Lipinski definition) is 1. The molecule has 5 heteroatoms. The van der Waals surface area contributed by atoms with Gasteiger partial charge in [0.15, 0.2) is 18.2 Å². The van der Waals surface area contributed by atoms with Crippen molar-refractivity contribution in [2.75, 3.05) is 6.61 Å². The van der Waals surface area contributed by atoms with Gasteiger partial charge >= 0.3 is 0 Å². The molecule has 1 saturated carbocycles. The minimum absolute atomic E-state index is 0.109. The normalized spacial score (nSPS) is 16.5. The number of benzene rings is 1. The fraction of sp³-hybridized carbons (Fsp3) is 0.533. The van der Waals surface area contributed by atoms with E-state index in [2.05, 4.69) is 5.32 Å². The second-order valence-electron chi connectivity index (χ2n) is 5.12. The first-order chi connectivity index (χ1) is 9.65. The molecule has 3 nitrogen and oxygen atoms in total. The van der Waals surface area contributed by atoms with Gasteiger partial charge in [-0.05, 0) is 25.0 Å². The van der Waals surface area contributed by atoms with Crippen LogP contribution >= 0.6 is 0 Å². The van der Waals surface area contributed by atoms with Crippen LogP contribution in [0.4, 0.5) is 8.78 Å². The summed E-state index contributed by atoms with van der Waals surface area (Å²) in [5.41, 5.74) is 0. The van der Waals surface area contributed by atoms with Crippen molar-refractivity contribution in [3.05, 3.63) is 29.8 Å². The molecule has 1 amide bonds. The molecular formula is C15H19F2NO2. The minimum atomic E-state index is -0.799. The summed E-state index contributed by atoms with van der Waals surface area (Å²) in [6.07, 6.45) is 6.64. The van der Waals surface area contributed by atoms with Gasteiger partial charge in [-0.2, -0.15) is 0 Å². The number of carbonyl (C=O) groups excluding carboxylic acids is 1. The molecule has 1 aromatic carbocycles. The minimum Gasteiger partial charge on any atom is -0.481 e. The maximum Gasteiger partial charge on any atom is 0.258 e. The Labute approximate surface area is 117 Å². The molecule has 0 spiro atoms. The van der Waals surface area contributed by atoms with E-state index in [1.807, 2.05) is 0 Å². The molecule has 1 aromatic rings. The highest BCUT2D eigenvalue weighted by Gasteiger charge is 2.15. The Morgan fingerprint density at radius 1 is 1.20 bits per heavy atom. The first-order valence-corrected chi connectivity index (χ1v) is 7.02. The van der Waals surface area contributed by atoms with Gasteiger partial charge in [0.1, 0.15) is 5.82 Å². The lowest BCUT2D eigenvalue weighted by atomic mass is 10.1. The Kier molecular flexibility index (Phi) is 5.32. The van der Waals surface area contributed by atoms with Crippen LogP contribution in [0.2, 0.25) is 0 Å². The van der Waals surface area contributed by atoms with Crippen LogP contribution in [-0.4, -0.2) is 18.6 Å². The zero-order valence-corrected chi connectivity index (χ0v) is 11.3. The topological polar surface area (TPSA) is 38.3 Å². The van der Waals surface area contributed by atoms with E-state index in [1.54, 1.807) is 0 Å². The lowest BCUT2D eigenvalue weighted by Crippen LogP contribution is -2.37. The number of nitrogens with one attached hydrogen (secondary N) is 1. The first-order valence-electron chi connectivity index (χ1n) is 7.02. The Morgan fingerprint density at radius 2 is 1.90 bits per heavy atom. The lowest BCUT2D eigenvalue weighted by molar-refractivity contribution is -0.123. The van der Waals surface area contributed by atoms with Crippen LogP contribution in [0.5, 0.6) is 5.75 Å². The summed E-state index contributed by atoms with van der Waals surface area (Å²) in [6, 6.07) is 3.20. The van der Waals surface area contributed by atoms with Crippen molar-refractivity contribution in [1.82, 2.24) is 5.32 Å². The molecule has 2 rings (SSSR count). The van der Waals surface area contributed by atoms with Crippen LogP contribution in [-0.2, 0) is 4.79 Å². The van der Waals surface area contributed by atoms with Crippen LogP contribution in [0.1, 0.15) is 38.5 Å².